The van der Waals surface area contributed by atoms with Gasteiger partial charge in [0, 0.05) is 21.7 Å². The summed E-state index contributed by atoms with van der Waals surface area (Å²) in [6.07, 6.45) is 1.51. The van der Waals surface area contributed by atoms with E-state index in [0.29, 0.717) is 16.1 Å². The van der Waals surface area contributed by atoms with Crippen LogP contribution in [-0.2, 0) is 4.79 Å². The first-order chi connectivity index (χ1) is 8.31. The molecule has 0 aliphatic carbocycles. The normalized spacial score (nSPS) is 8.83. The maximum atomic E-state index is 10.8. The summed E-state index contributed by atoms with van der Waals surface area (Å²) in [6, 6.07) is 4.96. The van der Waals surface area contributed by atoms with Crippen LogP contribution in [0.15, 0.2) is 36.9 Å². The minimum absolute atomic E-state index is 0.176. The highest BCUT2D eigenvalue weighted by molar-refractivity contribution is 6.68. The van der Waals surface area contributed by atoms with Gasteiger partial charge in [-0.25, -0.2) is 4.79 Å². The Morgan fingerprint density at radius 2 is 1.89 bits per heavy atom. The number of aliphatic carboxylic acids is 1. The Kier molecular flexibility index (Phi) is 7.01. The highest BCUT2D eigenvalue weighted by Gasteiger charge is 2.08. The lowest BCUT2D eigenvalue weighted by Gasteiger charge is -2.01. The number of hydrogen-bond acceptors (Lipinski definition) is 2. The second kappa shape index (κ2) is 7.69. The van der Waals surface area contributed by atoms with E-state index in [2.05, 4.69) is 13.2 Å². The molecule has 0 atom stereocenters. The lowest BCUT2D eigenvalue weighted by molar-refractivity contribution is -0.132. The first-order valence-electron chi connectivity index (χ1n) is 4.80. The van der Waals surface area contributed by atoms with E-state index in [-0.39, 0.29) is 5.57 Å². The molecule has 0 aromatic heterocycles. The standard InChI is InChI=1S/C9H6Cl2O.C4H6O2/c1-2-6-7(9(11)12)4-3-5-8(6)10;1-3(2)4(5)6/h2-5H,1H2;1H2,2H3,(H,5,6). The van der Waals surface area contributed by atoms with Crippen LogP contribution in [0.2, 0.25) is 5.02 Å². The molecule has 18 heavy (non-hydrogen) atoms. The van der Waals surface area contributed by atoms with E-state index in [1.165, 1.54) is 13.0 Å². The second-order valence-electron chi connectivity index (χ2n) is 3.26. The van der Waals surface area contributed by atoms with Crippen LogP contribution >= 0.6 is 23.2 Å². The monoisotopic (exact) mass is 286 g/mol. The van der Waals surface area contributed by atoms with Crippen LogP contribution in [0.3, 0.4) is 0 Å². The molecule has 1 rings (SSSR count). The van der Waals surface area contributed by atoms with E-state index in [0.717, 1.165) is 0 Å². The van der Waals surface area contributed by atoms with Crippen molar-refractivity contribution >= 4 is 40.5 Å². The Bertz CT molecular complexity index is 481. The smallest absolute Gasteiger partial charge is 0.330 e. The van der Waals surface area contributed by atoms with Crippen molar-refractivity contribution in [3.63, 3.8) is 0 Å². The number of carboxylic acid groups (broad SMARTS) is 1. The van der Waals surface area contributed by atoms with Crippen LogP contribution in [0.25, 0.3) is 6.08 Å². The predicted octanol–water partition coefficient (Wildman–Crippen LogP) is 4.01. The lowest BCUT2D eigenvalue weighted by Crippen LogP contribution is -1.92. The van der Waals surface area contributed by atoms with Crippen molar-refractivity contribution in [1.82, 2.24) is 0 Å². The molecule has 0 spiro atoms. The third-order valence-corrected chi connectivity index (χ3v) is 2.37. The zero-order chi connectivity index (χ0) is 14.3. The number of benzene rings is 1. The van der Waals surface area contributed by atoms with Gasteiger partial charge in [-0.2, -0.15) is 0 Å². The summed E-state index contributed by atoms with van der Waals surface area (Å²) in [4.78, 5) is 20.4. The van der Waals surface area contributed by atoms with Gasteiger partial charge in [0.25, 0.3) is 5.24 Å². The fourth-order valence-corrected chi connectivity index (χ4v) is 1.33. The van der Waals surface area contributed by atoms with E-state index in [9.17, 15) is 9.59 Å². The molecule has 0 unspecified atom stereocenters. The van der Waals surface area contributed by atoms with Crippen molar-refractivity contribution in [3.8, 4) is 0 Å². The molecular formula is C13H12Cl2O3. The van der Waals surface area contributed by atoms with Gasteiger partial charge in [-0.15, -0.1) is 0 Å². The zero-order valence-corrected chi connectivity index (χ0v) is 11.3. The fraction of sp³-hybridized carbons (Fsp3) is 0.0769. The molecule has 0 saturated carbocycles. The molecule has 5 heteroatoms. The van der Waals surface area contributed by atoms with Crippen molar-refractivity contribution < 1.29 is 14.7 Å². The average Bonchev–Trinajstić information content (AvgIpc) is 2.29. The van der Waals surface area contributed by atoms with Crippen molar-refractivity contribution in [1.29, 1.82) is 0 Å². The van der Waals surface area contributed by atoms with Crippen LogP contribution in [0.1, 0.15) is 22.8 Å². The molecule has 0 saturated heterocycles. The highest BCUT2D eigenvalue weighted by Crippen LogP contribution is 2.22. The van der Waals surface area contributed by atoms with Gasteiger partial charge in [-0.05, 0) is 30.7 Å². The summed E-state index contributed by atoms with van der Waals surface area (Å²) in [5, 5.41) is 7.85. The Balaban J connectivity index is 0.000000411. The summed E-state index contributed by atoms with van der Waals surface area (Å²) in [6.45, 7) is 8.14. The first kappa shape index (κ1) is 16.4. The number of halogens is 2. The number of hydrogen-bond donors (Lipinski definition) is 1. The van der Waals surface area contributed by atoms with Gasteiger partial charge in [0.1, 0.15) is 0 Å². The third kappa shape index (κ3) is 5.17. The van der Waals surface area contributed by atoms with Crippen LogP contribution < -0.4 is 0 Å². The molecule has 0 fully saturated rings. The van der Waals surface area contributed by atoms with Gasteiger partial charge in [0.2, 0.25) is 0 Å². The average molecular weight is 287 g/mol. The minimum Gasteiger partial charge on any atom is -0.478 e. The van der Waals surface area contributed by atoms with Gasteiger partial charge < -0.3 is 5.11 Å². The van der Waals surface area contributed by atoms with Crippen molar-refractivity contribution in [2.45, 2.75) is 6.92 Å². The predicted molar refractivity (Wildman–Crippen MR) is 74.2 cm³/mol. The second-order valence-corrected chi connectivity index (χ2v) is 4.01. The Labute approximate surface area is 115 Å². The topological polar surface area (TPSA) is 54.4 Å². The van der Waals surface area contributed by atoms with Crippen molar-refractivity contribution in [2.75, 3.05) is 0 Å². The number of carbonyl (C=O) groups excluding carboxylic acids is 1. The molecule has 96 valence electrons. The third-order valence-electron chi connectivity index (χ3n) is 1.83. The van der Waals surface area contributed by atoms with Crippen molar-refractivity contribution in [3.05, 3.63) is 53.1 Å². The fourth-order valence-electron chi connectivity index (χ4n) is 0.916. The summed E-state index contributed by atoms with van der Waals surface area (Å²) in [5.74, 6) is -0.935. The summed E-state index contributed by atoms with van der Waals surface area (Å²) in [5.41, 5.74) is 1.15. The molecule has 0 bridgehead atoms. The number of carbonyl (C=O) groups is 2. The Morgan fingerprint density at radius 3 is 2.17 bits per heavy atom. The largest absolute Gasteiger partial charge is 0.478 e. The number of rotatable bonds is 3. The van der Waals surface area contributed by atoms with Crippen LogP contribution in [-0.4, -0.2) is 16.3 Å². The minimum atomic E-state index is -0.935. The van der Waals surface area contributed by atoms with Gasteiger partial charge in [-0.1, -0.05) is 36.9 Å². The molecule has 0 aliphatic rings. The maximum Gasteiger partial charge on any atom is 0.330 e. The summed E-state index contributed by atoms with van der Waals surface area (Å²) in [7, 11) is 0. The Morgan fingerprint density at radius 1 is 1.39 bits per heavy atom. The van der Waals surface area contributed by atoms with Crippen LogP contribution in [0.4, 0.5) is 0 Å². The molecule has 1 aromatic carbocycles. The molecule has 0 amide bonds. The van der Waals surface area contributed by atoms with Gasteiger partial charge in [0.05, 0.1) is 0 Å². The quantitative estimate of drug-likeness (QED) is 0.675. The van der Waals surface area contributed by atoms with Crippen LogP contribution in [0.5, 0.6) is 0 Å². The maximum absolute atomic E-state index is 10.8. The van der Waals surface area contributed by atoms with Gasteiger partial charge in [0.15, 0.2) is 0 Å². The molecular weight excluding hydrogens is 275 g/mol. The molecule has 1 aromatic rings. The summed E-state index contributed by atoms with van der Waals surface area (Å²) < 4.78 is 0. The van der Waals surface area contributed by atoms with E-state index in [4.69, 9.17) is 28.3 Å². The molecule has 0 aliphatic heterocycles. The highest BCUT2D eigenvalue weighted by atomic mass is 35.5. The molecule has 3 nitrogen and oxygen atoms in total. The van der Waals surface area contributed by atoms with E-state index < -0.39 is 11.2 Å². The first-order valence-corrected chi connectivity index (χ1v) is 5.56. The SMILES string of the molecule is C=C(C)C(=O)O.C=Cc1c(Cl)cccc1C(=O)Cl. The van der Waals surface area contributed by atoms with Crippen molar-refractivity contribution in [2.24, 2.45) is 0 Å². The van der Waals surface area contributed by atoms with E-state index in [1.807, 2.05) is 0 Å². The molecule has 1 N–H and O–H groups in total. The van der Waals surface area contributed by atoms with Gasteiger partial charge in [-0.3, -0.25) is 4.79 Å². The van der Waals surface area contributed by atoms with E-state index >= 15 is 0 Å². The molecule has 0 radical (unpaired) electrons. The van der Waals surface area contributed by atoms with Crippen LogP contribution in [0, 0.1) is 0 Å². The lowest BCUT2D eigenvalue weighted by atomic mass is 10.1. The zero-order valence-electron chi connectivity index (χ0n) is 9.74. The Hall–Kier alpha value is -1.58. The molecule has 0 heterocycles. The number of carboxylic acids is 1. The van der Waals surface area contributed by atoms with E-state index in [1.54, 1.807) is 18.2 Å². The summed E-state index contributed by atoms with van der Waals surface area (Å²) >= 11 is 11.1. The van der Waals surface area contributed by atoms with Gasteiger partial charge >= 0.3 is 5.97 Å².